The van der Waals surface area contributed by atoms with E-state index in [2.05, 4.69) is 15.6 Å². The average molecular weight is 377 g/mol. The molecule has 0 bridgehead atoms. The second-order valence-corrected chi connectivity index (χ2v) is 6.18. The van der Waals surface area contributed by atoms with Crippen LogP contribution in [0.25, 0.3) is 0 Å². The maximum atomic E-state index is 12.5. The van der Waals surface area contributed by atoms with Gasteiger partial charge in [0.05, 0.1) is 6.54 Å². The van der Waals surface area contributed by atoms with Crippen molar-refractivity contribution in [3.05, 3.63) is 29.8 Å². The number of nitrogens with two attached hydrogens (primary N) is 2. The number of nitrogens with one attached hydrogen (secondary N) is 2. The lowest BCUT2D eigenvalue weighted by Gasteiger charge is -2.18. The topological polar surface area (TPSA) is 160 Å². The van der Waals surface area contributed by atoms with Gasteiger partial charge in [-0.25, -0.2) is 4.99 Å². The maximum absolute atomic E-state index is 12.5. The largest absolute Gasteiger partial charge is 0.508 e. The predicted octanol–water partition coefficient (Wildman–Crippen LogP) is -0.433. The number of carbonyl (C=O) groups excluding carboxylic acids is 3. The van der Waals surface area contributed by atoms with Crippen LogP contribution in [0.15, 0.2) is 29.3 Å². The van der Waals surface area contributed by atoms with Gasteiger partial charge < -0.3 is 27.2 Å². The van der Waals surface area contributed by atoms with E-state index in [1.165, 1.54) is 19.1 Å². The minimum atomic E-state index is -0.934. The number of phenolic OH excluding ortho intramolecular Hbond substituents is 1. The number of rotatable bonds is 10. The molecule has 2 amide bonds. The Hall–Kier alpha value is -3.10. The second-order valence-electron chi connectivity index (χ2n) is 6.18. The fraction of sp³-hybridized carbons (Fsp3) is 0.444. The SMILES string of the molecule is CCCC(=O)CNC(=O)[C@H](C)NC(=O)[C@H](Cc1ccc(O)cc1)N=C(N)N. The van der Waals surface area contributed by atoms with Gasteiger partial charge in [0.1, 0.15) is 17.8 Å². The van der Waals surface area contributed by atoms with Gasteiger partial charge >= 0.3 is 0 Å². The summed E-state index contributed by atoms with van der Waals surface area (Å²) in [6.45, 7) is 3.31. The van der Waals surface area contributed by atoms with Crippen molar-refractivity contribution in [3.63, 3.8) is 0 Å². The lowest BCUT2D eigenvalue weighted by atomic mass is 10.1. The van der Waals surface area contributed by atoms with Crippen molar-refractivity contribution in [2.45, 2.75) is 45.2 Å². The molecule has 0 fully saturated rings. The summed E-state index contributed by atoms with van der Waals surface area (Å²) in [4.78, 5) is 39.9. The van der Waals surface area contributed by atoms with Gasteiger partial charge in [-0.1, -0.05) is 19.1 Å². The molecule has 0 unspecified atom stereocenters. The first kappa shape index (κ1) is 21.9. The molecule has 0 aliphatic heterocycles. The number of carbonyl (C=O) groups is 3. The molecule has 1 rings (SSSR count). The number of hydrogen-bond acceptors (Lipinski definition) is 5. The van der Waals surface area contributed by atoms with Gasteiger partial charge in [0.25, 0.3) is 0 Å². The third-order valence-corrected chi connectivity index (χ3v) is 3.71. The maximum Gasteiger partial charge on any atom is 0.245 e. The molecule has 0 spiro atoms. The van der Waals surface area contributed by atoms with Crippen molar-refractivity contribution in [3.8, 4) is 5.75 Å². The third kappa shape index (κ3) is 8.21. The average Bonchev–Trinajstić information content (AvgIpc) is 2.60. The van der Waals surface area contributed by atoms with Crippen LogP contribution in [-0.2, 0) is 20.8 Å². The predicted molar refractivity (Wildman–Crippen MR) is 102 cm³/mol. The van der Waals surface area contributed by atoms with Crippen LogP contribution in [0.4, 0.5) is 0 Å². The van der Waals surface area contributed by atoms with Crippen LogP contribution in [0.3, 0.4) is 0 Å². The second kappa shape index (κ2) is 10.8. The normalized spacial score (nSPS) is 12.5. The highest BCUT2D eigenvalue weighted by Gasteiger charge is 2.23. The van der Waals surface area contributed by atoms with Crippen molar-refractivity contribution >= 4 is 23.6 Å². The zero-order valence-corrected chi connectivity index (χ0v) is 15.6. The highest BCUT2D eigenvalue weighted by molar-refractivity contribution is 5.93. The molecule has 1 aromatic carbocycles. The van der Waals surface area contributed by atoms with E-state index < -0.39 is 23.9 Å². The quantitative estimate of drug-likeness (QED) is 0.275. The molecule has 0 saturated carbocycles. The molecule has 27 heavy (non-hydrogen) atoms. The Kier molecular flexibility index (Phi) is 8.77. The van der Waals surface area contributed by atoms with Gasteiger partial charge in [-0.2, -0.15) is 0 Å². The van der Waals surface area contributed by atoms with E-state index in [0.717, 1.165) is 5.56 Å². The number of amides is 2. The molecule has 2 atom stereocenters. The monoisotopic (exact) mass is 377 g/mol. The number of nitrogens with zero attached hydrogens (tertiary/aromatic N) is 1. The van der Waals surface area contributed by atoms with Crippen LogP contribution >= 0.6 is 0 Å². The molecule has 0 saturated heterocycles. The van der Waals surface area contributed by atoms with E-state index in [0.29, 0.717) is 12.8 Å². The first-order valence-corrected chi connectivity index (χ1v) is 8.69. The molecule has 0 radical (unpaired) electrons. The number of aromatic hydroxyl groups is 1. The number of ketones is 1. The number of guanidine groups is 1. The van der Waals surface area contributed by atoms with Crippen LogP contribution in [0.5, 0.6) is 5.75 Å². The Morgan fingerprint density at radius 2 is 1.78 bits per heavy atom. The number of benzene rings is 1. The van der Waals surface area contributed by atoms with Gasteiger partial charge in [0.2, 0.25) is 11.8 Å². The molecule has 7 N–H and O–H groups in total. The number of phenols is 1. The standard InChI is InChI=1S/C18H27N5O4/c1-3-4-14(25)10-21-16(26)11(2)22-17(27)15(23-18(19)20)9-12-5-7-13(24)8-6-12/h5-8,11,15,24H,3-4,9-10H2,1-2H3,(H,21,26)(H,22,27)(H4,19,20,23)/t11-,15-/m0/s1. The van der Waals surface area contributed by atoms with Crippen molar-refractivity contribution in [2.24, 2.45) is 16.5 Å². The summed E-state index contributed by atoms with van der Waals surface area (Å²) in [5.41, 5.74) is 11.5. The van der Waals surface area contributed by atoms with Crippen molar-refractivity contribution in [2.75, 3.05) is 6.54 Å². The molecular weight excluding hydrogens is 350 g/mol. The summed E-state index contributed by atoms with van der Waals surface area (Å²) in [5.74, 6) is -1.23. The van der Waals surface area contributed by atoms with Gasteiger partial charge in [0.15, 0.2) is 11.7 Å². The van der Waals surface area contributed by atoms with Crippen LogP contribution in [-0.4, -0.2) is 47.3 Å². The summed E-state index contributed by atoms with van der Waals surface area (Å²) < 4.78 is 0. The fourth-order valence-electron chi connectivity index (χ4n) is 2.31. The Morgan fingerprint density at radius 1 is 1.15 bits per heavy atom. The zero-order valence-electron chi connectivity index (χ0n) is 15.6. The Bertz CT molecular complexity index is 683. The van der Waals surface area contributed by atoms with Crippen molar-refractivity contribution < 1.29 is 19.5 Å². The van der Waals surface area contributed by atoms with E-state index in [1.807, 2.05) is 6.92 Å². The Morgan fingerprint density at radius 3 is 2.33 bits per heavy atom. The van der Waals surface area contributed by atoms with Crippen molar-refractivity contribution in [1.82, 2.24) is 10.6 Å². The lowest BCUT2D eigenvalue weighted by molar-refractivity contribution is -0.130. The molecule has 148 valence electrons. The molecule has 1 aromatic rings. The van der Waals surface area contributed by atoms with Crippen LogP contribution in [0.1, 0.15) is 32.3 Å². The summed E-state index contributed by atoms with van der Waals surface area (Å²) >= 11 is 0. The smallest absolute Gasteiger partial charge is 0.245 e. The molecule has 0 heterocycles. The molecule has 9 heteroatoms. The van der Waals surface area contributed by atoms with Crippen LogP contribution in [0, 0.1) is 0 Å². The fourth-order valence-corrected chi connectivity index (χ4v) is 2.31. The minimum absolute atomic E-state index is 0.0717. The molecule has 0 aliphatic rings. The van der Waals surface area contributed by atoms with Gasteiger partial charge in [-0.3, -0.25) is 14.4 Å². The first-order valence-electron chi connectivity index (χ1n) is 8.69. The summed E-state index contributed by atoms with van der Waals surface area (Å²) in [5, 5.41) is 14.4. The van der Waals surface area contributed by atoms with Gasteiger partial charge in [0, 0.05) is 12.8 Å². The molecule has 0 aliphatic carbocycles. The zero-order chi connectivity index (χ0) is 20.4. The first-order chi connectivity index (χ1) is 12.7. The van der Waals surface area contributed by atoms with Gasteiger partial charge in [-0.05, 0) is 31.0 Å². The number of hydrogen-bond donors (Lipinski definition) is 5. The van der Waals surface area contributed by atoms with E-state index >= 15 is 0 Å². The van der Waals surface area contributed by atoms with E-state index in [9.17, 15) is 19.5 Å². The van der Waals surface area contributed by atoms with Gasteiger partial charge in [-0.15, -0.1) is 0 Å². The van der Waals surface area contributed by atoms with E-state index in [-0.39, 0.29) is 30.5 Å². The highest BCUT2D eigenvalue weighted by atomic mass is 16.3. The number of aliphatic imine (C=N–C) groups is 1. The van der Waals surface area contributed by atoms with Crippen molar-refractivity contribution in [1.29, 1.82) is 0 Å². The molecular formula is C18H27N5O4. The Labute approximate surface area is 158 Å². The van der Waals surface area contributed by atoms with Crippen LogP contribution in [0.2, 0.25) is 0 Å². The number of Topliss-reactive ketones (excluding diaryl/α,β-unsaturated/α-hetero) is 1. The van der Waals surface area contributed by atoms with E-state index in [1.54, 1.807) is 12.1 Å². The summed E-state index contributed by atoms with van der Waals surface area (Å²) in [6.07, 6.45) is 1.28. The minimum Gasteiger partial charge on any atom is -0.508 e. The van der Waals surface area contributed by atoms with E-state index in [4.69, 9.17) is 11.5 Å². The Balaban J connectivity index is 2.69. The van der Waals surface area contributed by atoms with Crippen LogP contribution < -0.4 is 22.1 Å². The summed E-state index contributed by atoms with van der Waals surface area (Å²) in [7, 11) is 0. The highest BCUT2D eigenvalue weighted by Crippen LogP contribution is 2.12. The lowest BCUT2D eigenvalue weighted by Crippen LogP contribution is -2.49. The summed E-state index contributed by atoms with van der Waals surface area (Å²) in [6, 6.07) is 4.48. The third-order valence-electron chi connectivity index (χ3n) is 3.71. The molecule has 9 nitrogen and oxygen atoms in total. The molecule has 0 aromatic heterocycles.